The Labute approximate surface area is 127 Å². The number of carbonyl (C=O) groups excluding carboxylic acids is 2. The van der Waals surface area contributed by atoms with Crippen molar-refractivity contribution in [1.29, 1.82) is 0 Å². The molecule has 0 aromatic rings. The number of ether oxygens (including phenoxy) is 1. The number of methoxy groups -OCH3 is 1. The largest absolute Gasteiger partial charge is 0.469 e. The molecule has 118 valence electrons. The second-order valence-corrected chi connectivity index (χ2v) is 5.56. The van der Waals surface area contributed by atoms with Crippen LogP contribution in [0.2, 0.25) is 0 Å². The van der Waals surface area contributed by atoms with E-state index in [1.54, 1.807) is 0 Å². The average Bonchev–Trinajstić information content (AvgIpc) is 2.52. The molecule has 1 N–H and O–H groups in total. The van der Waals surface area contributed by atoms with Crippen LogP contribution in [0.4, 0.5) is 0 Å². The van der Waals surface area contributed by atoms with E-state index in [4.69, 9.17) is 11.2 Å². The standard InChI is InChI=1S/C16H26N2O3/c1-5-16(6-2,7-3)17-14(19)12-18-10-8-13(9-11-18)15(20)21-4/h1,13H,6-12H2,2-4H3,(H,17,19). The lowest BCUT2D eigenvalue weighted by Crippen LogP contribution is -2.51. The van der Waals surface area contributed by atoms with Crippen LogP contribution in [0.3, 0.4) is 0 Å². The summed E-state index contributed by atoms with van der Waals surface area (Å²) in [5.74, 6) is 2.47. The number of esters is 1. The van der Waals surface area contributed by atoms with E-state index in [1.807, 2.05) is 13.8 Å². The van der Waals surface area contributed by atoms with Gasteiger partial charge in [-0.3, -0.25) is 14.5 Å². The van der Waals surface area contributed by atoms with Gasteiger partial charge in [0.1, 0.15) is 5.54 Å². The molecular weight excluding hydrogens is 268 g/mol. The van der Waals surface area contributed by atoms with Crippen molar-refractivity contribution in [1.82, 2.24) is 10.2 Å². The van der Waals surface area contributed by atoms with Crippen LogP contribution in [0.15, 0.2) is 0 Å². The van der Waals surface area contributed by atoms with Crippen LogP contribution < -0.4 is 5.32 Å². The monoisotopic (exact) mass is 294 g/mol. The molecule has 1 amide bonds. The second-order valence-electron chi connectivity index (χ2n) is 5.56. The van der Waals surface area contributed by atoms with Crippen molar-refractivity contribution in [3.8, 4) is 12.3 Å². The first kappa shape index (κ1) is 17.5. The molecule has 0 aromatic heterocycles. The highest BCUT2D eigenvalue weighted by Gasteiger charge is 2.29. The number of nitrogens with zero attached hydrogens (tertiary/aromatic N) is 1. The zero-order chi connectivity index (χ0) is 15.9. The fourth-order valence-electron chi connectivity index (χ4n) is 2.67. The van der Waals surface area contributed by atoms with Crippen LogP contribution in [0.25, 0.3) is 0 Å². The van der Waals surface area contributed by atoms with Gasteiger partial charge in [0.05, 0.1) is 19.6 Å². The maximum atomic E-state index is 12.1. The number of hydrogen-bond acceptors (Lipinski definition) is 4. The first-order valence-electron chi connectivity index (χ1n) is 7.59. The zero-order valence-corrected chi connectivity index (χ0v) is 13.3. The van der Waals surface area contributed by atoms with Crippen molar-refractivity contribution in [3.05, 3.63) is 0 Å². The van der Waals surface area contributed by atoms with Crippen LogP contribution in [-0.4, -0.2) is 49.1 Å². The summed E-state index contributed by atoms with van der Waals surface area (Å²) in [5, 5.41) is 2.96. The summed E-state index contributed by atoms with van der Waals surface area (Å²) in [6.45, 7) is 5.75. The highest BCUT2D eigenvalue weighted by molar-refractivity contribution is 5.79. The fourth-order valence-corrected chi connectivity index (χ4v) is 2.67. The minimum absolute atomic E-state index is 0.0367. The van der Waals surface area contributed by atoms with Gasteiger partial charge in [-0.05, 0) is 38.8 Å². The molecule has 0 aromatic carbocycles. The smallest absolute Gasteiger partial charge is 0.308 e. The predicted molar refractivity (Wildman–Crippen MR) is 81.5 cm³/mol. The number of amides is 1. The third-order valence-corrected chi connectivity index (χ3v) is 4.35. The lowest BCUT2D eigenvalue weighted by atomic mass is 9.93. The van der Waals surface area contributed by atoms with E-state index in [9.17, 15) is 9.59 Å². The van der Waals surface area contributed by atoms with E-state index < -0.39 is 5.54 Å². The Bertz CT molecular complexity index is 402. The summed E-state index contributed by atoms with van der Waals surface area (Å²) in [4.78, 5) is 25.6. The SMILES string of the molecule is C#CC(CC)(CC)NC(=O)CN1CCC(C(=O)OC)CC1. The van der Waals surface area contributed by atoms with Crippen LogP contribution in [0.1, 0.15) is 39.5 Å². The molecule has 1 saturated heterocycles. The molecule has 1 rings (SSSR count). The van der Waals surface area contributed by atoms with E-state index in [-0.39, 0.29) is 17.8 Å². The molecule has 5 heteroatoms. The molecule has 0 atom stereocenters. The first-order chi connectivity index (χ1) is 10.00. The van der Waals surface area contributed by atoms with Gasteiger partial charge in [-0.2, -0.15) is 0 Å². The maximum Gasteiger partial charge on any atom is 0.308 e. The molecular formula is C16H26N2O3. The Morgan fingerprint density at radius 3 is 2.33 bits per heavy atom. The number of hydrogen-bond donors (Lipinski definition) is 1. The topological polar surface area (TPSA) is 58.6 Å². The van der Waals surface area contributed by atoms with E-state index in [0.29, 0.717) is 6.54 Å². The van der Waals surface area contributed by atoms with E-state index >= 15 is 0 Å². The minimum Gasteiger partial charge on any atom is -0.469 e. The third-order valence-electron chi connectivity index (χ3n) is 4.35. The number of terminal acetylenes is 1. The van der Waals surface area contributed by atoms with Crippen molar-refractivity contribution >= 4 is 11.9 Å². The molecule has 1 aliphatic rings. The van der Waals surface area contributed by atoms with Gasteiger partial charge in [0.15, 0.2) is 0 Å². The van der Waals surface area contributed by atoms with Crippen LogP contribution in [0.5, 0.6) is 0 Å². The second kappa shape index (κ2) is 8.04. The summed E-state index contributed by atoms with van der Waals surface area (Å²) in [7, 11) is 1.41. The van der Waals surface area contributed by atoms with Crippen LogP contribution in [-0.2, 0) is 14.3 Å². The number of carbonyl (C=O) groups is 2. The summed E-state index contributed by atoms with van der Waals surface area (Å²) in [6.07, 6.45) is 8.46. The molecule has 0 unspecified atom stereocenters. The minimum atomic E-state index is -0.540. The van der Waals surface area contributed by atoms with Gasteiger partial charge in [-0.15, -0.1) is 6.42 Å². The quantitative estimate of drug-likeness (QED) is 0.590. The van der Waals surface area contributed by atoms with Gasteiger partial charge in [-0.25, -0.2) is 0 Å². The van der Waals surface area contributed by atoms with Gasteiger partial charge >= 0.3 is 5.97 Å². The molecule has 0 bridgehead atoms. The van der Waals surface area contributed by atoms with Crippen molar-refractivity contribution < 1.29 is 14.3 Å². The molecule has 21 heavy (non-hydrogen) atoms. The lowest BCUT2D eigenvalue weighted by Gasteiger charge is -2.32. The van der Waals surface area contributed by atoms with E-state index in [2.05, 4.69) is 16.1 Å². The molecule has 1 heterocycles. The Hall–Kier alpha value is -1.54. The van der Waals surface area contributed by atoms with Gasteiger partial charge in [0.2, 0.25) is 5.91 Å². The van der Waals surface area contributed by atoms with Crippen molar-refractivity contribution in [2.45, 2.75) is 45.1 Å². The van der Waals surface area contributed by atoms with Gasteiger partial charge < -0.3 is 10.1 Å². The number of piperidine rings is 1. The van der Waals surface area contributed by atoms with Crippen LogP contribution >= 0.6 is 0 Å². The maximum absolute atomic E-state index is 12.1. The highest BCUT2D eigenvalue weighted by atomic mass is 16.5. The molecule has 0 radical (unpaired) electrons. The third kappa shape index (κ3) is 4.75. The van der Waals surface area contributed by atoms with Crippen molar-refractivity contribution in [2.24, 2.45) is 5.92 Å². The zero-order valence-electron chi connectivity index (χ0n) is 13.3. The van der Waals surface area contributed by atoms with Crippen LogP contribution in [0, 0.1) is 18.3 Å². The Balaban J connectivity index is 2.44. The predicted octanol–water partition coefficient (Wildman–Crippen LogP) is 1.18. The number of nitrogens with one attached hydrogen (secondary N) is 1. The van der Waals surface area contributed by atoms with Gasteiger partial charge in [-0.1, -0.05) is 19.8 Å². The summed E-state index contributed by atoms with van der Waals surface area (Å²) >= 11 is 0. The Morgan fingerprint density at radius 2 is 1.90 bits per heavy atom. The number of likely N-dealkylation sites (tertiary alicyclic amines) is 1. The fraction of sp³-hybridized carbons (Fsp3) is 0.750. The Kier molecular flexibility index (Phi) is 6.70. The molecule has 1 aliphatic heterocycles. The molecule has 0 aliphatic carbocycles. The number of rotatable bonds is 6. The van der Waals surface area contributed by atoms with Gasteiger partial charge in [0.25, 0.3) is 0 Å². The lowest BCUT2D eigenvalue weighted by molar-refractivity contribution is -0.147. The normalized spacial score (nSPS) is 17.0. The summed E-state index contributed by atoms with van der Waals surface area (Å²) < 4.78 is 4.76. The van der Waals surface area contributed by atoms with Crippen molar-refractivity contribution in [3.63, 3.8) is 0 Å². The van der Waals surface area contributed by atoms with E-state index in [0.717, 1.165) is 38.8 Å². The van der Waals surface area contributed by atoms with Crippen molar-refractivity contribution in [2.75, 3.05) is 26.7 Å². The highest BCUT2D eigenvalue weighted by Crippen LogP contribution is 2.18. The Morgan fingerprint density at radius 1 is 1.33 bits per heavy atom. The molecule has 5 nitrogen and oxygen atoms in total. The molecule has 0 saturated carbocycles. The average molecular weight is 294 g/mol. The first-order valence-corrected chi connectivity index (χ1v) is 7.59. The molecule has 1 fully saturated rings. The van der Waals surface area contributed by atoms with Gasteiger partial charge in [0, 0.05) is 0 Å². The summed E-state index contributed by atoms with van der Waals surface area (Å²) in [5.41, 5.74) is -0.540. The molecule has 0 spiro atoms. The van der Waals surface area contributed by atoms with E-state index in [1.165, 1.54) is 7.11 Å². The summed E-state index contributed by atoms with van der Waals surface area (Å²) in [6, 6.07) is 0.